The van der Waals surface area contributed by atoms with Crippen LogP contribution in [-0.4, -0.2) is 39.0 Å². The van der Waals surface area contributed by atoms with E-state index in [4.69, 9.17) is 16.3 Å². The molecule has 1 heterocycles. The smallest absolute Gasteiger partial charge is 0.243 e. The van der Waals surface area contributed by atoms with E-state index in [1.54, 1.807) is 23.9 Å². The standard InChI is InChI=1S/C18H20ClNO3S2/c19-17-6-4-15(5-7-17)13-24-14-16-2-1-3-18(12-16)25(21,22)20-8-10-23-11-9-20/h1-7,12H,8-11,13-14H2. The minimum absolute atomic E-state index is 0.360. The summed E-state index contributed by atoms with van der Waals surface area (Å²) >= 11 is 7.64. The lowest BCUT2D eigenvalue weighted by Gasteiger charge is -2.26. The molecule has 0 atom stereocenters. The van der Waals surface area contributed by atoms with Gasteiger partial charge in [0.15, 0.2) is 0 Å². The molecule has 1 fully saturated rings. The Bertz CT molecular complexity index is 803. The molecule has 3 rings (SSSR count). The first-order chi connectivity index (χ1) is 12.1. The molecule has 0 unspecified atom stereocenters. The van der Waals surface area contributed by atoms with Gasteiger partial charge in [0.1, 0.15) is 0 Å². The fraction of sp³-hybridized carbons (Fsp3) is 0.333. The summed E-state index contributed by atoms with van der Waals surface area (Å²) in [7, 11) is -3.44. The lowest BCUT2D eigenvalue weighted by atomic mass is 10.2. The van der Waals surface area contributed by atoms with Gasteiger partial charge in [0.25, 0.3) is 0 Å². The van der Waals surface area contributed by atoms with Crippen LogP contribution in [0.1, 0.15) is 11.1 Å². The summed E-state index contributed by atoms with van der Waals surface area (Å²) in [4.78, 5) is 0.360. The average Bonchev–Trinajstić information content (AvgIpc) is 2.64. The van der Waals surface area contributed by atoms with E-state index in [0.717, 1.165) is 22.1 Å². The van der Waals surface area contributed by atoms with Gasteiger partial charge in [-0.05, 0) is 35.4 Å². The van der Waals surface area contributed by atoms with Crippen LogP contribution < -0.4 is 0 Å². The van der Waals surface area contributed by atoms with Crippen molar-refractivity contribution in [3.05, 3.63) is 64.7 Å². The van der Waals surface area contributed by atoms with Gasteiger partial charge in [0.2, 0.25) is 10.0 Å². The zero-order chi connectivity index (χ0) is 17.7. The van der Waals surface area contributed by atoms with Crippen molar-refractivity contribution >= 4 is 33.4 Å². The molecular weight excluding hydrogens is 378 g/mol. The molecule has 7 heteroatoms. The predicted octanol–water partition coefficient (Wildman–Crippen LogP) is 3.79. The van der Waals surface area contributed by atoms with E-state index in [9.17, 15) is 8.42 Å². The molecule has 0 saturated carbocycles. The second kappa shape index (κ2) is 8.56. The van der Waals surface area contributed by atoms with Gasteiger partial charge in [0, 0.05) is 29.6 Å². The molecule has 0 amide bonds. The van der Waals surface area contributed by atoms with E-state index in [-0.39, 0.29) is 0 Å². The van der Waals surface area contributed by atoms with Crippen molar-refractivity contribution in [2.24, 2.45) is 0 Å². The first-order valence-corrected chi connectivity index (χ1v) is 11.0. The SMILES string of the molecule is O=S(=O)(c1cccc(CSCc2ccc(Cl)cc2)c1)N1CCOCC1. The summed E-state index contributed by atoms with van der Waals surface area (Å²) in [6.07, 6.45) is 0. The van der Waals surface area contributed by atoms with Crippen molar-refractivity contribution < 1.29 is 13.2 Å². The van der Waals surface area contributed by atoms with Crippen molar-refractivity contribution in [1.29, 1.82) is 0 Å². The Balaban J connectivity index is 1.63. The van der Waals surface area contributed by atoms with Crippen molar-refractivity contribution in [3.63, 3.8) is 0 Å². The van der Waals surface area contributed by atoms with Gasteiger partial charge < -0.3 is 4.74 Å². The molecule has 4 nitrogen and oxygen atoms in total. The van der Waals surface area contributed by atoms with E-state index in [0.29, 0.717) is 31.2 Å². The molecule has 0 aromatic heterocycles. The van der Waals surface area contributed by atoms with Gasteiger partial charge in [-0.2, -0.15) is 16.1 Å². The first kappa shape index (κ1) is 18.7. The number of rotatable bonds is 6. The summed E-state index contributed by atoms with van der Waals surface area (Å²) in [6.45, 7) is 1.74. The highest BCUT2D eigenvalue weighted by molar-refractivity contribution is 7.97. The van der Waals surface area contributed by atoms with Crippen LogP contribution in [-0.2, 0) is 26.3 Å². The molecule has 2 aromatic carbocycles. The largest absolute Gasteiger partial charge is 0.379 e. The summed E-state index contributed by atoms with van der Waals surface area (Å²) < 4.78 is 32.2. The molecule has 0 N–H and O–H groups in total. The maximum absolute atomic E-state index is 12.7. The van der Waals surface area contributed by atoms with Crippen molar-refractivity contribution in [2.75, 3.05) is 26.3 Å². The van der Waals surface area contributed by atoms with Gasteiger partial charge in [0.05, 0.1) is 18.1 Å². The van der Waals surface area contributed by atoms with Crippen LogP contribution in [0, 0.1) is 0 Å². The molecule has 0 bridgehead atoms. The highest BCUT2D eigenvalue weighted by atomic mass is 35.5. The number of nitrogens with zero attached hydrogens (tertiary/aromatic N) is 1. The number of hydrogen-bond acceptors (Lipinski definition) is 4. The molecule has 0 spiro atoms. The molecule has 1 saturated heterocycles. The fourth-order valence-corrected chi connectivity index (χ4v) is 5.15. The van der Waals surface area contributed by atoms with Crippen LogP contribution in [0.5, 0.6) is 0 Å². The zero-order valence-electron chi connectivity index (χ0n) is 13.7. The molecule has 0 radical (unpaired) electrons. The Kier molecular flexibility index (Phi) is 6.41. The quantitative estimate of drug-likeness (QED) is 0.743. The number of ether oxygens (including phenoxy) is 1. The van der Waals surface area contributed by atoms with E-state index in [1.165, 1.54) is 9.87 Å². The Morgan fingerprint density at radius 3 is 2.40 bits per heavy atom. The third kappa shape index (κ3) is 4.99. The topological polar surface area (TPSA) is 46.6 Å². The Hall–Kier alpha value is -1.05. The van der Waals surface area contributed by atoms with E-state index >= 15 is 0 Å². The number of benzene rings is 2. The number of halogens is 1. The second-order valence-corrected chi connectivity index (χ2v) is 9.14. The molecule has 2 aromatic rings. The summed E-state index contributed by atoms with van der Waals surface area (Å²) in [5.74, 6) is 1.62. The lowest BCUT2D eigenvalue weighted by molar-refractivity contribution is 0.0730. The Morgan fingerprint density at radius 1 is 1.00 bits per heavy atom. The molecule has 1 aliphatic rings. The summed E-state index contributed by atoms with van der Waals surface area (Å²) in [6, 6.07) is 15.0. The number of thioether (sulfide) groups is 1. The molecule has 25 heavy (non-hydrogen) atoms. The summed E-state index contributed by atoms with van der Waals surface area (Å²) in [5.41, 5.74) is 2.21. The molecule has 0 aliphatic carbocycles. The van der Waals surface area contributed by atoms with Crippen LogP contribution in [0.15, 0.2) is 53.4 Å². The predicted molar refractivity (Wildman–Crippen MR) is 102 cm³/mol. The minimum Gasteiger partial charge on any atom is -0.379 e. The average molecular weight is 398 g/mol. The maximum Gasteiger partial charge on any atom is 0.243 e. The third-order valence-electron chi connectivity index (χ3n) is 3.96. The number of morpholine rings is 1. The van der Waals surface area contributed by atoms with Gasteiger partial charge in [-0.1, -0.05) is 35.9 Å². The van der Waals surface area contributed by atoms with E-state index in [1.807, 2.05) is 36.4 Å². The van der Waals surface area contributed by atoms with Gasteiger partial charge in [-0.15, -0.1) is 0 Å². The van der Waals surface area contributed by atoms with Gasteiger partial charge in [-0.25, -0.2) is 8.42 Å². The lowest BCUT2D eigenvalue weighted by Crippen LogP contribution is -2.40. The van der Waals surface area contributed by atoms with E-state index < -0.39 is 10.0 Å². The number of hydrogen-bond donors (Lipinski definition) is 0. The monoisotopic (exact) mass is 397 g/mol. The molecule has 1 aliphatic heterocycles. The van der Waals surface area contributed by atoms with Crippen LogP contribution >= 0.6 is 23.4 Å². The Morgan fingerprint density at radius 2 is 1.68 bits per heavy atom. The van der Waals surface area contributed by atoms with Crippen molar-refractivity contribution in [1.82, 2.24) is 4.31 Å². The normalized spacial score (nSPS) is 16.0. The van der Waals surface area contributed by atoms with Crippen LogP contribution in [0.3, 0.4) is 0 Å². The molecule has 134 valence electrons. The second-order valence-electron chi connectivity index (χ2n) is 5.78. The zero-order valence-corrected chi connectivity index (χ0v) is 16.1. The minimum atomic E-state index is -3.44. The van der Waals surface area contributed by atoms with Crippen LogP contribution in [0.25, 0.3) is 0 Å². The van der Waals surface area contributed by atoms with Gasteiger partial charge >= 0.3 is 0 Å². The molecular formula is C18H20ClNO3S2. The highest BCUT2D eigenvalue weighted by Crippen LogP contribution is 2.23. The first-order valence-electron chi connectivity index (χ1n) is 8.05. The van der Waals surface area contributed by atoms with Crippen LogP contribution in [0.4, 0.5) is 0 Å². The highest BCUT2D eigenvalue weighted by Gasteiger charge is 2.26. The Labute approximate surface area is 158 Å². The van der Waals surface area contributed by atoms with Gasteiger partial charge in [-0.3, -0.25) is 0 Å². The third-order valence-corrected chi connectivity index (χ3v) is 7.18. The maximum atomic E-state index is 12.7. The van der Waals surface area contributed by atoms with Crippen molar-refractivity contribution in [3.8, 4) is 0 Å². The number of sulfonamides is 1. The van der Waals surface area contributed by atoms with Crippen LogP contribution in [0.2, 0.25) is 5.02 Å². The van der Waals surface area contributed by atoms with Crippen molar-refractivity contribution in [2.45, 2.75) is 16.4 Å². The van der Waals surface area contributed by atoms with E-state index in [2.05, 4.69) is 0 Å². The summed E-state index contributed by atoms with van der Waals surface area (Å²) in [5, 5.41) is 0.731. The fourth-order valence-electron chi connectivity index (χ4n) is 2.60.